The molecule has 114 valence electrons. The van der Waals surface area contributed by atoms with Crippen molar-refractivity contribution in [3.05, 3.63) is 24.0 Å². The average Bonchev–Trinajstić information content (AvgIpc) is 2.64. The van der Waals surface area contributed by atoms with E-state index in [9.17, 15) is 14.7 Å². The molecule has 0 bridgehead atoms. The first-order valence-corrected chi connectivity index (χ1v) is 6.91. The number of aliphatic carboxylic acids is 1. The molecule has 2 unspecified atom stereocenters. The number of nitrogens with zero attached hydrogens (tertiary/aromatic N) is 3. The second kappa shape index (κ2) is 4.80. The number of carboxylic acids is 1. The maximum atomic E-state index is 12.9. The van der Waals surface area contributed by atoms with Crippen LogP contribution in [0.4, 0.5) is 10.5 Å². The van der Waals surface area contributed by atoms with Crippen LogP contribution in [0.3, 0.4) is 0 Å². The van der Waals surface area contributed by atoms with Crippen molar-refractivity contribution in [3.8, 4) is 0 Å². The van der Waals surface area contributed by atoms with Gasteiger partial charge in [-0.25, -0.2) is 9.28 Å². The molecule has 2 amide bonds. The summed E-state index contributed by atoms with van der Waals surface area (Å²) in [6.07, 6.45) is 1.67. The van der Waals surface area contributed by atoms with E-state index >= 15 is 0 Å². The molecule has 1 aliphatic heterocycles. The molecule has 1 aliphatic rings. The number of aryl methyl sites for hydroxylation is 1. The highest BCUT2D eigenvalue weighted by Gasteiger charge is 2.59. The number of rotatable bonds is 2. The number of hydrogen-bond donors (Lipinski definition) is 0. The molecule has 6 nitrogen and oxygen atoms in total. The number of quaternary nitrogens is 1. The van der Waals surface area contributed by atoms with E-state index in [0.29, 0.717) is 0 Å². The van der Waals surface area contributed by atoms with Gasteiger partial charge in [0.05, 0.1) is 11.7 Å². The third kappa shape index (κ3) is 2.10. The van der Waals surface area contributed by atoms with Crippen LogP contribution in [0.1, 0.15) is 26.5 Å². The van der Waals surface area contributed by atoms with E-state index in [1.807, 2.05) is 33.8 Å². The second-order valence-corrected chi connectivity index (χ2v) is 6.50. The topological polar surface area (TPSA) is 73.3 Å². The Kier molecular flexibility index (Phi) is 3.53. The van der Waals surface area contributed by atoms with Gasteiger partial charge in [0.2, 0.25) is 0 Å². The van der Waals surface area contributed by atoms with Crippen molar-refractivity contribution in [1.82, 2.24) is 14.4 Å². The minimum Gasteiger partial charge on any atom is -0.548 e. The van der Waals surface area contributed by atoms with Crippen molar-refractivity contribution in [2.24, 2.45) is 0 Å². The fourth-order valence-electron chi connectivity index (χ4n) is 3.10. The fraction of sp³-hybridized carbons (Fsp3) is 0.533. The minimum atomic E-state index is -1.23. The number of amides is 2. The quantitative estimate of drug-likeness (QED) is 0.751. The van der Waals surface area contributed by atoms with Crippen LogP contribution in [-0.4, -0.2) is 47.1 Å². The summed E-state index contributed by atoms with van der Waals surface area (Å²) >= 11 is 0. The normalized spacial score (nSPS) is 26.2. The number of carbonyl (C=O) groups is 2. The maximum absolute atomic E-state index is 12.9. The Balaban J connectivity index is 2.69. The largest absolute Gasteiger partial charge is 0.548 e. The Morgan fingerprint density at radius 2 is 2.10 bits per heavy atom. The summed E-state index contributed by atoms with van der Waals surface area (Å²) in [5.74, 6) is -1.23. The van der Waals surface area contributed by atoms with Gasteiger partial charge in [0.25, 0.3) is 0 Å². The van der Waals surface area contributed by atoms with Crippen LogP contribution in [0, 0.1) is 6.92 Å². The van der Waals surface area contributed by atoms with E-state index in [4.69, 9.17) is 0 Å². The number of carbonyl (C=O) groups excluding carboxylic acids is 2. The SMILES string of the molecule is Cc1ncccc1[N+]1(C(C)(C)C)CC(C(=O)[O-])N(C)C1=O. The zero-order valence-corrected chi connectivity index (χ0v) is 13.1. The second-order valence-electron chi connectivity index (χ2n) is 6.50. The number of hydrogen-bond acceptors (Lipinski definition) is 4. The molecule has 0 saturated carbocycles. The highest BCUT2D eigenvalue weighted by molar-refractivity contribution is 5.95. The van der Waals surface area contributed by atoms with Crippen LogP contribution >= 0.6 is 0 Å². The lowest BCUT2D eigenvalue weighted by Gasteiger charge is -2.42. The standard InChI is InChI=1S/C15H21N3O3/c1-10-12(7-6-8-16-10)18(15(2,3)4)9-11(13(19)20)17(5)14(18)21/h6-8,11H,9H2,1-5H3. The first-order chi connectivity index (χ1) is 9.63. The van der Waals surface area contributed by atoms with Gasteiger partial charge in [-0.3, -0.25) is 9.88 Å². The van der Waals surface area contributed by atoms with Gasteiger partial charge in [0.1, 0.15) is 18.1 Å². The Hall–Kier alpha value is -1.95. The Bertz CT molecular complexity index is 594. The lowest BCUT2D eigenvalue weighted by atomic mass is 9.99. The summed E-state index contributed by atoms with van der Waals surface area (Å²) in [7, 11) is 1.51. The summed E-state index contributed by atoms with van der Waals surface area (Å²) in [5, 5.41) is 11.4. The Morgan fingerprint density at radius 3 is 2.52 bits per heavy atom. The molecular formula is C15H21N3O3. The van der Waals surface area contributed by atoms with Gasteiger partial charge < -0.3 is 9.90 Å². The zero-order chi connectivity index (χ0) is 16.0. The van der Waals surface area contributed by atoms with Gasteiger partial charge in [0, 0.05) is 19.3 Å². The molecular weight excluding hydrogens is 270 g/mol. The predicted octanol–water partition coefficient (Wildman–Crippen LogP) is 0.680. The van der Waals surface area contributed by atoms with Crippen molar-refractivity contribution in [3.63, 3.8) is 0 Å². The molecule has 0 spiro atoms. The van der Waals surface area contributed by atoms with E-state index in [1.165, 1.54) is 11.9 Å². The van der Waals surface area contributed by atoms with Crippen molar-refractivity contribution in [2.75, 3.05) is 13.6 Å². The van der Waals surface area contributed by atoms with Gasteiger partial charge in [-0.15, -0.1) is 0 Å². The average molecular weight is 291 g/mol. The van der Waals surface area contributed by atoms with Crippen molar-refractivity contribution >= 4 is 17.7 Å². The van der Waals surface area contributed by atoms with Gasteiger partial charge in [-0.05, 0) is 33.8 Å². The molecule has 2 heterocycles. The number of aromatic nitrogens is 1. The summed E-state index contributed by atoms with van der Waals surface area (Å²) in [6, 6.07) is 2.44. The van der Waals surface area contributed by atoms with Gasteiger partial charge in [-0.2, -0.15) is 0 Å². The summed E-state index contributed by atoms with van der Waals surface area (Å²) < 4.78 is -0.0676. The van der Waals surface area contributed by atoms with Gasteiger partial charge in [0.15, 0.2) is 5.69 Å². The van der Waals surface area contributed by atoms with E-state index in [0.717, 1.165) is 11.4 Å². The molecule has 1 aromatic heterocycles. The first-order valence-electron chi connectivity index (χ1n) is 6.91. The van der Waals surface area contributed by atoms with Crippen LogP contribution in [-0.2, 0) is 4.79 Å². The molecule has 0 radical (unpaired) electrons. The molecule has 0 aliphatic carbocycles. The van der Waals surface area contributed by atoms with Crippen LogP contribution in [0.2, 0.25) is 0 Å². The van der Waals surface area contributed by atoms with Crippen molar-refractivity contribution in [1.29, 1.82) is 0 Å². The molecule has 1 aromatic rings. The number of urea groups is 1. The highest BCUT2D eigenvalue weighted by atomic mass is 16.4. The van der Waals surface area contributed by atoms with Gasteiger partial charge in [-0.1, -0.05) is 0 Å². The number of carboxylic acid groups (broad SMARTS) is 1. The molecule has 2 atom stereocenters. The predicted molar refractivity (Wildman–Crippen MR) is 77.3 cm³/mol. The van der Waals surface area contributed by atoms with E-state index in [-0.39, 0.29) is 17.1 Å². The molecule has 21 heavy (non-hydrogen) atoms. The summed E-state index contributed by atoms with van der Waals surface area (Å²) in [4.78, 5) is 29.8. The minimum absolute atomic E-state index is 0.0676. The highest BCUT2D eigenvalue weighted by Crippen LogP contribution is 2.40. The maximum Gasteiger partial charge on any atom is 0.425 e. The summed E-state index contributed by atoms with van der Waals surface area (Å²) in [5.41, 5.74) is 0.974. The Labute approximate surface area is 124 Å². The number of pyridine rings is 1. The molecule has 6 heteroatoms. The molecule has 0 aromatic carbocycles. The molecule has 0 N–H and O–H groups in total. The van der Waals surface area contributed by atoms with Gasteiger partial charge >= 0.3 is 6.03 Å². The molecule has 1 saturated heterocycles. The third-order valence-corrected chi connectivity index (χ3v) is 4.35. The van der Waals surface area contributed by atoms with Crippen LogP contribution in [0.5, 0.6) is 0 Å². The third-order valence-electron chi connectivity index (χ3n) is 4.35. The lowest BCUT2D eigenvalue weighted by Crippen LogP contribution is -2.64. The molecule has 2 rings (SSSR count). The first kappa shape index (κ1) is 15.4. The van der Waals surface area contributed by atoms with Crippen LogP contribution in [0.15, 0.2) is 18.3 Å². The van der Waals surface area contributed by atoms with E-state index in [1.54, 1.807) is 12.3 Å². The smallest absolute Gasteiger partial charge is 0.425 e. The van der Waals surface area contributed by atoms with Crippen molar-refractivity contribution < 1.29 is 14.7 Å². The molecule has 1 fully saturated rings. The Morgan fingerprint density at radius 1 is 1.48 bits per heavy atom. The fourth-order valence-corrected chi connectivity index (χ4v) is 3.10. The zero-order valence-electron chi connectivity index (χ0n) is 13.1. The van der Waals surface area contributed by atoms with Crippen LogP contribution in [0.25, 0.3) is 0 Å². The van der Waals surface area contributed by atoms with Crippen LogP contribution < -0.4 is 9.59 Å². The van der Waals surface area contributed by atoms with E-state index in [2.05, 4.69) is 4.98 Å². The summed E-state index contributed by atoms with van der Waals surface area (Å²) in [6.45, 7) is 7.78. The van der Waals surface area contributed by atoms with E-state index < -0.39 is 17.6 Å². The lowest BCUT2D eigenvalue weighted by molar-refractivity contribution is -0.309. The number of likely N-dealkylation sites (N-methyl/N-ethyl adjacent to an activating group) is 1. The monoisotopic (exact) mass is 291 g/mol. The van der Waals surface area contributed by atoms with Crippen molar-refractivity contribution in [2.45, 2.75) is 39.3 Å².